The van der Waals surface area contributed by atoms with Crippen LogP contribution in [-0.4, -0.2) is 24.3 Å². The molecule has 0 fully saturated rings. The number of nitrogens with zero attached hydrogens (tertiary/aromatic N) is 2. The first kappa shape index (κ1) is 14.6. The Morgan fingerprint density at radius 3 is 2.80 bits per heavy atom. The van der Waals surface area contributed by atoms with Crippen molar-refractivity contribution in [1.29, 1.82) is 0 Å². The minimum absolute atomic E-state index is 0.0291. The molecule has 0 bridgehead atoms. The number of hydrogen-bond acceptors (Lipinski definition) is 5. The summed E-state index contributed by atoms with van der Waals surface area (Å²) in [4.78, 5) is 3.96. The van der Waals surface area contributed by atoms with Crippen LogP contribution in [0.1, 0.15) is 19.2 Å². The van der Waals surface area contributed by atoms with Gasteiger partial charge in [-0.1, -0.05) is 24.2 Å². The lowest BCUT2D eigenvalue weighted by atomic mass is 10.2. The van der Waals surface area contributed by atoms with Gasteiger partial charge >= 0.3 is 0 Å². The van der Waals surface area contributed by atoms with Gasteiger partial charge in [0.2, 0.25) is 21.7 Å². The van der Waals surface area contributed by atoms with Crippen LogP contribution in [0.4, 0.5) is 4.39 Å². The zero-order chi connectivity index (χ0) is 14.6. The fourth-order valence-electron chi connectivity index (χ4n) is 1.59. The Morgan fingerprint density at radius 2 is 2.10 bits per heavy atom. The summed E-state index contributed by atoms with van der Waals surface area (Å²) in [5, 5.41) is 3.63. The monoisotopic (exact) mass is 299 g/mol. The molecule has 108 valence electrons. The Balaban J connectivity index is 2.09. The lowest BCUT2D eigenvalue weighted by Crippen LogP contribution is -2.25. The van der Waals surface area contributed by atoms with Crippen LogP contribution in [0.3, 0.4) is 0 Å². The fourth-order valence-corrected chi connectivity index (χ4v) is 2.62. The predicted molar refractivity (Wildman–Crippen MR) is 70.6 cm³/mol. The van der Waals surface area contributed by atoms with Crippen LogP contribution in [0, 0.1) is 5.82 Å². The molecule has 0 aliphatic carbocycles. The minimum atomic E-state index is -3.35. The average molecular weight is 299 g/mol. The van der Waals surface area contributed by atoms with Crippen molar-refractivity contribution in [3.63, 3.8) is 0 Å². The standard InChI is InChI=1S/C12H14FN3O3S/c1-2-7-20(17,18)14-8-11-15-12(16-19-11)9-5-3-4-6-10(9)13/h3-6,14H,2,7-8H2,1H3. The van der Waals surface area contributed by atoms with Gasteiger partial charge in [0, 0.05) is 0 Å². The first-order valence-electron chi connectivity index (χ1n) is 6.06. The Kier molecular flexibility index (Phi) is 4.46. The highest BCUT2D eigenvalue weighted by Gasteiger charge is 2.14. The summed E-state index contributed by atoms with van der Waals surface area (Å²) in [5.41, 5.74) is 0.207. The quantitative estimate of drug-likeness (QED) is 0.877. The fraction of sp³-hybridized carbons (Fsp3) is 0.333. The predicted octanol–water partition coefficient (Wildman–Crippen LogP) is 1.71. The summed E-state index contributed by atoms with van der Waals surface area (Å²) in [6, 6.07) is 6.01. The molecule has 0 unspecified atom stereocenters. The van der Waals surface area contributed by atoms with E-state index in [1.54, 1.807) is 19.1 Å². The zero-order valence-electron chi connectivity index (χ0n) is 10.8. The lowest BCUT2D eigenvalue weighted by molar-refractivity contribution is 0.375. The van der Waals surface area contributed by atoms with Gasteiger partial charge in [-0.25, -0.2) is 17.5 Å². The van der Waals surface area contributed by atoms with E-state index >= 15 is 0 Å². The van der Waals surface area contributed by atoms with Gasteiger partial charge in [-0.2, -0.15) is 4.98 Å². The molecule has 0 aliphatic heterocycles. The molecule has 0 aliphatic rings. The van der Waals surface area contributed by atoms with E-state index in [9.17, 15) is 12.8 Å². The summed E-state index contributed by atoms with van der Waals surface area (Å²) >= 11 is 0. The molecular formula is C12H14FN3O3S. The maximum atomic E-state index is 13.5. The van der Waals surface area contributed by atoms with Gasteiger partial charge in [-0.05, 0) is 18.6 Å². The van der Waals surface area contributed by atoms with Crippen molar-refractivity contribution in [2.45, 2.75) is 19.9 Å². The van der Waals surface area contributed by atoms with Gasteiger partial charge in [-0.15, -0.1) is 0 Å². The second kappa shape index (κ2) is 6.10. The zero-order valence-corrected chi connectivity index (χ0v) is 11.7. The van der Waals surface area contributed by atoms with Crippen molar-refractivity contribution in [3.8, 4) is 11.4 Å². The van der Waals surface area contributed by atoms with Crippen LogP contribution in [0.15, 0.2) is 28.8 Å². The smallest absolute Gasteiger partial charge is 0.242 e. The van der Waals surface area contributed by atoms with Crippen LogP contribution < -0.4 is 4.72 Å². The molecule has 2 rings (SSSR count). The highest BCUT2D eigenvalue weighted by Crippen LogP contribution is 2.19. The number of nitrogens with one attached hydrogen (secondary N) is 1. The van der Waals surface area contributed by atoms with E-state index in [1.807, 2.05) is 0 Å². The maximum absolute atomic E-state index is 13.5. The summed E-state index contributed by atoms with van der Waals surface area (Å²) < 4.78 is 43.7. The summed E-state index contributed by atoms with van der Waals surface area (Å²) in [6.45, 7) is 1.66. The Labute approximate surface area is 116 Å². The van der Waals surface area contributed by atoms with Crippen LogP contribution in [-0.2, 0) is 16.6 Å². The molecule has 8 heteroatoms. The molecule has 20 heavy (non-hydrogen) atoms. The molecule has 0 spiro atoms. The molecule has 0 radical (unpaired) electrons. The first-order chi connectivity index (χ1) is 9.52. The summed E-state index contributed by atoms with van der Waals surface area (Å²) in [6.07, 6.45) is 0.514. The minimum Gasteiger partial charge on any atom is -0.338 e. The third-order valence-electron chi connectivity index (χ3n) is 2.50. The van der Waals surface area contributed by atoms with Crippen molar-refractivity contribution >= 4 is 10.0 Å². The largest absolute Gasteiger partial charge is 0.338 e. The van der Waals surface area contributed by atoms with E-state index in [-0.39, 0.29) is 29.6 Å². The molecule has 2 aromatic rings. The number of benzene rings is 1. The van der Waals surface area contributed by atoms with Crippen molar-refractivity contribution in [3.05, 3.63) is 36.0 Å². The van der Waals surface area contributed by atoms with Crippen molar-refractivity contribution < 1.29 is 17.3 Å². The van der Waals surface area contributed by atoms with Gasteiger partial charge in [0.15, 0.2) is 0 Å². The van der Waals surface area contributed by atoms with Crippen molar-refractivity contribution in [2.75, 3.05) is 5.75 Å². The SMILES string of the molecule is CCCS(=O)(=O)NCc1nc(-c2ccccc2F)no1. The van der Waals surface area contributed by atoms with Crippen LogP contribution in [0.5, 0.6) is 0 Å². The molecule has 1 aromatic heterocycles. The molecule has 1 N–H and O–H groups in total. The van der Waals surface area contributed by atoms with Crippen LogP contribution >= 0.6 is 0 Å². The molecule has 0 amide bonds. The molecule has 1 heterocycles. The van der Waals surface area contributed by atoms with Crippen molar-refractivity contribution in [1.82, 2.24) is 14.9 Å². The van der Waals surface area contributed by atoms with Gasteiger partial charge < -0.3 is 4.52 Å². The molecule has 1 aromatic carbocycles. The average Bonchev–Trinajstić information content (AvgIpc) is 2.86. The summed E-state index contributed by atoms with van der Waals surface area (Å²) in [5.74, 6) is -0.261. The van der Waals surface area contributed by atoms with Gasteiger partial charge in [0.1, 0.15) is 5.82 Å². The molecule has 6 nitrogen and oxygen atoms in total. The van der Waals surface area contributed by atoms with E-state index in [4.69, 9.17) is 4.52 Å². The van der Waals surface area contributed by atoms with E-state index in [2.05, 4.69) is 14.9 Å². The summed E-state index contributed by atoms with van der Waals surface area (Å²) in [7, 11) is -3.35. The Morgan fingerprint density at radius 1 is 1.35 bits per heavy atom. The molecular weight excluding hydrogens is 285 g/mol. The van der Waals surface area contributed by atoms with E-state index < -0.39 is 15.8 Å². The number of rotatable bonds is 6. The third kappa shape index (κ3) is 3.61. The second-order valence-corrected chi connectivity index (χ2v) is 6.06. The number of halogens is 1. The van der Waals surface area contributed by atoms with Gasteiger partial charge in [0.25, 0.3) is 0 Å². The van der Waals surface area contributed by atoms with E-state index in [1.165, 1.54) is 12.1 Å². The highest BCUT2D eigenvalue weighted by molar-refractivity contribution is 7.89. The Bertz CT molecular complexity index is 685. The molecule has 0 saturated carbocycles. The molecule has 0 saturated heterocycles. The highest BCUT2D eigenvalue weighted by atomic mass is 32.2. The van der Waals surface area contributed by atoms with E-state index in [0.717, 1.165) is 0 Å². The normalized spacial score (nSPS) is 11.7. The number of hydrogen-bond donors (Lipinski definition) is 1. The third-order valence-corrected chi connectivity index (χ3v) is 4.03. The van der Waals surface area contributed by atoms with Gasteiger partial charge in [-0.3, -0.25) is 0 Å². The topological polar surface area (TPSA) is 85.1 Å². The maximum Gasteiger partial charge on any atom is 0.242 e. The van der Waals surface area contributed by atoms with Crippen molar-refractivity contribution in [2.24, 2.45) is 0 Å². The van der Waals surface area contributed by atoms with E-state index in [0.29, 0.717) is 6.42 Å². The van der Waals surface area contributed by atoms with Crippen LogP contribution in [0.2, 0.25) is 0 Å². The van der Waals surface area contributed by atoms with Crippen LogP contribution in [0.25, 0.3) is 11.4 Å². The molecule has 0 atom stereocenters. The first-order valence-corrected chi connectivity index (χ1v) is 7.72. The lowest BCUT2D eigenvalue weighted by Gasteiger charge is -2.01. The number of sulfonamides is 1. The number of aromatic nitrogens is 2. The van der Waals surface area contributed by atoms with Gasteiger partial charge in [0.05, 0.1) is 17.9 Å². The second-order valence-electron chi connectivity index (χ2n) is 4.13. The Hall–Kier alpha value is -1.80.